The van der Waals surface area contributed by atoms with Crippen LogP contribution in [0.5, 0.6) is 0 Å². The van der Waals surface area contributed by atoms with E-state index in [0.717, 1.165) is 11.4 Å². The Hall–Kier alpha value is -1.36. The maximum atomic E-state index is 4.00. The molecule has 1 aliphatic carbocycles. The van der Waals surface area contributed by atoms with Crippen LogP contribution in [0.1, 0.15) is 0 Å². The molecule has 10 heavy (non-hydrogen) atoms. The van der Waals surface area contributed by atoms with E-state index in [1.807, 2.05) is 0 Å². The van der Waals surface area contributed by atoms with Gasteiger partial charge in [0.2, 0.25) is 0 Å². The van der Waals surface area contributed by atoms with E-state index in [1.165, 1.54) is 0 Å². The van der Waals surface area contributed by atoms with Crippen molar-refractivity contribution in [1.82, 2.24) is 0 Å². The summed E-state index contributed by atoms with van der Waals surface area (Å²) in [6, 6.07) is 0. The lowest BCUT2D eigenvalue weighted by Crippen LogP contribution is -2.09. The quantitative estimate of drug-likeness (QED) is 0.439. The molecular weight excluding hydrogens is 124 g/mol. The molecule has 0 unspecified atom stereocenters. The third-order valence-corrected chi connectivity index (χ3v) is 1.25. The average molecular weight is 132 g/mol. The molecule has 0 atom stereocenters. The van der Waals surface area contributed by atoms with Gasteiger partial charge in [-0.15, -0.1) is 0 Å². The van der Waals surface area contributed by atoms with Crippen molar-refractivity contribution in [2.75, 3.05) is 14.1 Å². The van der Waals surface area contributed by atoms with E-state index in [1.54, 1.807) is 26.2 Å². The van der Waals surface area contributed by atoms with Crippen LogP contribution >= 0.6 is 0 Å². The zero-order valence-corrected chi connectivity index (χ0v) is 6.05. The minimum Gasteiger partial charge on any atom is -0.286 e. The summed E-state index contributed by atoms with van der Waals surface area (Å²) in [4.78, 5) is 7.99. The van der Waals surface area contributed by atoms with Crippen molar-refractivity contribution >= 4 is 11.4 Å². The average Bonchev–Trinajstić information content (AvgIpc) is 2.04. The molecule has 1 aliphatic rings. The largest absolute Gasteiger partial charge is 0.286 e. The summed E-state index contributed by atoms with van der Waals surface area (Å²) in [5, 5.41) is 0. The molecule has 0 N–H and O–H groups in total. The van der Waals surface area contributed by atoms with E-state index in [9.17, 15) is 0 Å². The molecule has 0 radical (unpaired) electrons. The topological polar surface area (TPSA) is 24.7 Å². The van der Waals surface area contributed by atoms with Crippen molar-refractivity contribution in [3.8, 4) is 0 Å². The van der Waals surface area contributed by atoms with Gasteiger partial charge in [0.1, 0.15) is 0 Å². The van der Waals surface area contributed by atoms with E-state index in [4.69, 9.17) is 0 Å². The molecule has 1 rings (SSSR count). The Morgan fingerprint density at radius 2 is 1.40 bits per heavy atom. The highest BCUT2D eigenvalue weighted by molar-refractivity contribution is 6.50. The molecule has 0 heterocycles. The standard InChI is InChI=1S/C8H8N2/c1-9-7-5-3-4-6-8(7)10-2/h5-6H,1-2H3/b9-7-,10-8-. The van der Waals surface area contributed by atoms with Crippen LogP contribution in [0.4, 0.5) is 0 Å². The molecular formula is C8H8N2. The number of nitrogens with zero attached hydrogens (tertiary/aromatic N) is 2. The van der Waals surface area contributed by atoms with Gasteiger partial charge >= 0.3 is 0 Å². The molecule has 0 amide bonds. The first kappa shape index (κ1) is 6.76. The highest BCUT2D eigenvalue weighted by Crippen LogP contribution is 1.91. The first-order chi connectivity index (χ1) is 4.88. The van der Waals surface area contributed by atoms with E-state index in [2.05, 4.69) is 21.4 Å². The fourth-order valence-electron chi connectivity index (χ4n) is 0.726. The summed E-state index contributed by atoms with van der Waals surface area (Å²) in [5.41, 5.74) is 7.34. The Kier molecular flexibility index (Phi) is 2.01. The van der Waals surface area contributed by atoms with Gasteiger partial charge in [0.15, 0.2) is 0 Å². The molecule has 0 saturated heterocycles. The summed E-state index contributed by atoms with van der Waals surface area (Å²) in [6.07, 6.45) is 3.53. The number of hydrogen-bond acceptors (Lipinski definition) is 2. The number of hydrogen-bond donors (Lipinski definition) is 0. The molecule has 0 saturated carbocycles. The van der Waals surface area contributed by atoms with Gasteiger partial charge in [0.25, 0.3) is 0 Å². The van der Waals surface area contributed by atoms with Gasteiger partial charge in [-0.3, -0.25) is 9.98 Å². The smallest absolute Gasteiger partial charge is 0.0912 e. The normalized spacial score (nSPS) is 23.0. The van der Waals surface area contributed by atoms with E-state index in [-0.39, 0.29) is 0 Å². The predicted octanol–water partition coefficient (Wildman–Crippen LogP) is 1.01. The van der Waals surface area contributed by atoms with Gasteiger partial charge in [-0.25, -0.2) is 0 Å². The molecule has 0 aromatic carbocycles. The fraction of sp³-hybridized carbons (Fsp3) is 0.250. The second-order valence-electron chi connectivity index (χ2n) is 1.80. The van der Waals surface area contributed by atoms with Gasteiger partial charge in [0.05, 0.1) is 11.4 Å². The molecule has 2 heteroatoms. The van der Waals surface area contributed by atoms with Gasteiger partial charge in [-0.1, -0.05) is 11.5 Å². The lowest BCUT2D eigenvalue weighted by Gasteiger charge is -1.97. The highest BCUT2D eigenvalue weighted by atomic mass is 14.8. The molecule has 0 aromatic rings. The Morgan fingerprint density at radius 1 is 1.00 bits per heavy atom. The van der Waals surface area contributed by atoms with E-state index >= 15 is 0 Å². The number of aliphatic imine (C=N–C) groups is 2. The number of allylic oxidation sites excluding steroid dienone is 2. The molecule has 50 valence electrons. The Balaban J connectivity index is 3.14. The summed E-state index contributed by atoms with van der Waals surface area (Å²) < 4.78 is 0. The van der Waals surface area contributed by atoms with E-state index < -0.39 is 0 Å². The summed E-state index contributed by atoms with van der Waals surface area (Å²) in [7, 11) is 3.47. The van der Waals surface area contributed by atoms with Crippen LogP contribution in [0.2, 0.25) is 0 Å². The van der Waals surface area contributed by atoms with Gasteiger partial charge in [-0.2, -0.15) is 0 Å². The second kappa shape index (κ2) is 2.98. The summed E-state index contributed by atoms with van der Waals surface area (Å²) >= 11 is 0. The summed E-state index contributed by atoms with van der Waals surface area (Å²) in [5.74, 6) is 0. The zero-order valence-electron chi connectivity index (χ0n) is 6.05. The summed E-state index contributed by atoms with van der Waals surface area (Å²) in [6.45, 7) is 0. The predicted molar refractivity (Wildman–Crippen MR) is 42.9 cm³/mol. The maximum Gasteiger partial charge on any atom is 0.0912 e. The van der Waals surface area contributed by atoms with Crippen LogP contribution in [-0.2, 0) is 0 Å². The van der Waals surface area contributed by atoms with Crippen molar-refractivity contribution in [2.24, 2.45) is 9.98 Å². The first-order valence-corrected chi connectivity index (χ1v) is 3.00. The van der Waals surface area contributed by atoms with Crippen molar-refractivity contribution in [3.05, 3.63) is 23.6 Å². The van der Waals surface area contributed by atoms with Gasteiger partial charge in [0, 0.05) is 26.2 Å². The van der Waals surface area contributed by atoms with Crippen LogP contribution in [0.3, 0.4) is 0 Å². The SMILES string of the molecule is C/N=C1/C=C=C=C/C1=N/C. The Labute approximate surface area is 60.0 Å². The molecule has 0 spiro atoms. The van der Waals surface area contributed by atoms with Crippen molar-refractivity contribution in [3.63, 3.8) is 0 Å². The van der Waals surface area contributed by atoms with Crippen molar-refractivity contribution < 1.29 is 0 Å². The Bertz CT molecular complexity index is 252. The second-order valence-corrected chi connectivity index (χ2v) is 1.80. The Morgan fingerprint density at radius 3 is 1.70 bits per heavy atom. The van der Waals surface area contributed by atoms with Crippen LogP contribution in [0, 0.1) is 0 Å². The molecule has 0 bridgehead atoms. The maximum absolute atomic E-state index is 4.00. The lowest BCUT2D eigenvalue weighted by molar-refractivity contribution is 1.43. The molecule has 0 aliphatic heterocycles. The monoisotopic (exact) mass is 132 g/mol. The van der Waals surface area contributed by atoms with E-state index in [0.29, 0.717) is 0 Å². The minimum absolute atomic E-state index is 0.862. The van der Waals surface area contributed by atoms with Crippen LogP contribution in [-0.4, -0.2) is 25.5 Å². The van der Waals surface area contributed by atoms with Crippen LogP contribution in [0.25, 0.3) is 0 Å². The van der Waals surface area contributed by atoms with Gasteiger partial charge < -0.3 is 0 Å². The third kappa shape index (κ3) is 1.14. The molecule has 0 fully saturated rings. The first-order valence-electron chi connectivity index (χ1n) is 3.00. The lowest BCUT2D eigenvalue weighted by atomic mass is 10.2. The third-order valence-electron chi connectivity index (χ3n) is 1.25. The highest BCUT2D eigenvalue weighted by Gasteiger charge is 2.00. The zero-order chi connectivity index (χ0) is 7.40. The van der Waals surface area contributed by atoms with Crippen LogP contribution in [0.15, 0.2) is 33.6 Å². The van der Waals surface area contributed by atoms with Gasteiger partial charge in [-0.05, 0) is 0 Å². The van der Waals surface area contributed by atoms with Crippen molar-refractivity contribution in [1.29, 1.82) is 0 Å². The molecule has 0 aromatic heterocycles. The fourth-order valence-corrected chi connectivity index (χ4v) is 0.726. The minimum atomic E-state index is 0.862. The van der Waals surface area contributed by atoms with Crippen LogP contribution < -0.4 is 0 Å². The molecule has 2 nitrogen and oxygen atoms in total. The number of rotatable bonds is 0. The van der Waals surface area contributed by atoms with Crippen molar-refractivity contribution in [2.45, 2.75) is 0 Å².